The largest absolute Gasteiger partial charge is 0.493 e. The number of aromatic nitrogens is 1. The predicted molar refractivity (Wildman–Crippen MR) is 165 cm³/mol. The highest BCUT2D eigenvalue weighted by atomic mass is 32.1. The van der Waals surface area contributed by atoms with Gasteiger partial charge in [0.1, 0.15) is 11.8 Å². The molecular weight excluding hydrogens is 550 g/mol. The second kappa shape index (κ2) is 14.1. The number of para-hydroxylation sites is 1. The van der Waals surface area contributed by atoms with Crippen molar-refractivity contribution in [2.75, 3.05) is 50.2 Å². The van der Waals surface area contributed by atoms with Gasteiger partial charge >= 0.3 is 5.97 Å². The fraction of sp³-hybridized carbons (Fsp3) is 0.303. The number of thiazole rings is 1. The van der Waals surface area contributed by atoms with Gasteiger partial charge in [-0.15, -0.1) is 11.3 Å². The second-order valence-corrected chi connectivity index (χ2v) is 11.2. The molecule has 1 atom stereocenters. The number of esters is 1. The van der Waals surface area contributed by atoms with E-state index < -0.39 is 12.0 Å². The maximum Gasteiger partial charge on any atom is 0.328 e. The van der Waals surface area contributed by atoms with Gasteiger partial charge in [0, 0.05) is 47.6 Å². The smallest absolute Gasteiger partial charge is 0.328 e. The summed E-state index contributed by atoms with van der Waals surface area (Å²) in [7, 11) is 1.36. The first-order chi connectivity index (χ1) is 20.5. The molecule has 0 amide bonds. The Hall–Kier alpha value is -4.21. The maximum atomic E-state index is 13.2. The van der Waals surface area contributed by atoms with Gasteiger partial charge in [0.2, 0.25) is 0 Å². The molecule has 218 valence electrons. The predicted octanol–water partition coefficient (Wildman–Crippen LogP) is 5.34. The summed E-state index contributed by atoms with van der Waals surface area (Å²) in [6.07, 6.45) is 1.10. The third kappa shape index (κ3) is 7.35. The lowest BCUT2D eigenvalue weighted by Crippen LogP contribution is -2.36. The number of hydrogen-bond donors (Lipinski definition) is 1. The SMILES string of the molecule is COC(=O)C(Cc1ccc(OCCc2nc(N3CCOCC3)sc2C)cc1)Nc1ccccc1C(=O)c1ccccc1. The van der Waals surface area contributed by atoms with Crippen LogP contribution in [0.3, 0.4) is 0 Å². The lowest BCUT2D eigenvalue weighted by Gasteiger charge is -2.26. The van der Waals surface area contributed by atoms with E-state index in [0.717, 1.165) is 54.9 Å². The van der Waals surface area contributed by atoms with E-state index in [0.29, 0.717) is 29.8 Å². The van der Waals surface area contributed by atoms with Crippen LogP contribution in [-0.2, 0) is 27.1 Å². The van der Waals surface area contributed by atoms with E-state index in [2.05, 4.69) is 17.1 Å². The fourth-order valence-electron chi connectivity index (χ4n) is 4.83. The van der Waals surface area contributed by atoms with Gasteiger partial charge in [-0.25, -0.2) is 9.78 Å². The van der Waals surface area contributed by atoms with E-state index in [1.165, 1.54) is 12.0 Å². The van der Waals surface area contributed by atoms with E-state index in [-0.39, 0.29) is 5.78 Å². The van der Waals surface area contributed by atoms with Crippen LogP contribution >= 0.6 is 11.3 Å². The van der Waals surface area contributed by atoms with Crippen molar-refractivity contribution in [3.8, 4) is 5.75 Å². The van der Waals surface area contributed by atoms with Crippen LogP contribution in [0, 0.1) is 6.92 Å². The van der Waals surface area contributed by atoms with E-state index in [1.54, 1.807) is 35.6 Å². The van der Waals surface area contributed by atoms with Gasteiger partial charge in [-0.1, -0.05) is 54.6 Å². The molecule has 0 bridgehead atoms. The standard InChI is InChI=1S/C33H35N3O5S/c1-23-28(35-33(42-23)36-17-20-40-21-18-36)16-19-41-26-14-12-24(13-15-26)22-30(32(38)39-2)34-29-11-7-6-10-27(29)31(37)25-8-4-3-5-9-25/h3-15,30,34H,16-22H2,1-2H3. The average Bonchev–Trinajstić information content (AvgIpc) is 3.42. The molecule has 0 saturated carbocycles. The molecule has 2 heterocycles. The number of carbonyl (C=O) groups is 2. The molecular formula is C33H35N3O5S. The Morgan fingerprint density at radius 1 is 1.00 bits per heavy atom. The number of benzene rings is 3. The molecule has 8 nitrogen and oxygen atoms in total. The van der Waals surface area contributed by atoms with Crippen molar-refractivity contribution in [3.05, 3.63) is 106 Å². The second-order valence-electron chi connectivity index (χ2n) is 10.0. The monoisotopic (exact) mass is 585 g/mol. The van der Waals surface area contributed by atoms with Gasteiger partial charge in [-0.2, -0.15) is 0 Å². The van der Waals surface area contributed by atoms with Crippen LogP contribution in [-0.4, -0.2) is 62.8 Å². The number of carbonyl (C=O) groups excluding carboxylic acids is 2. The summed E-state index contributed by atoms with van der Waals surface area (Å²) in [5.41, 5.74) is 3.66. The molecule has 1 aliphatic heterocycles. The fourth-order valence-corrected chi connectivity index (χ4v) is 5.84. The van der Waals surface area contributed by atoms with Crippen LogP contribution in [0.15, 0.2) is 78.9 Å². The molecule has 1 fully saturated rings. The highest BCUT2D eigenvalue weighted by Gasteiger charge is 2.23. The van der Waals surface area contributed by atoms with Crippen molar-refractivity contribution < 1.29 is 23.8 Å². The summed E-state index contributed by atoms with van der Waals surface area (Å²) in [6.45, 7) is 5.85. The molecule has 1 aliphatic rings. The molecule has 3 aromatic carbocycles. The molecule has 1 N–H and O–H groups in total. The van der Waals surface area contributed by atoms with Gasteiger partial charge in [-0.3, -0.25) is 4.79 Å². The zero-order chi connectivity index (χ0) is 29.3. The number of anilines is 2. The molecule has 9 heteroatoms. The van der Waals surface area contributed by atoms with E-state index >= 15 is 0 Å². The molecule has 1 aromatic heterocycles. The number of morpholine rings is 1. The highest BCUT2D eigenvalue weighted by Crippen LogP contribution is 2.27. The first-order valence-corrected chi connectivity index (χ1v) is 14.9. The maximum absolute atomic E-state index is 13.2. The quantitative estimate of drug-likeness (QED) is 0.176. The highest BCUT2D eigenvalue weighted by molar-refractivity contribution is 7.15. The number of ether oxygens (including phenoxy) is 3. The summed E-state index contributed by atoms with van der Waals surface area (Å²) in [4.78, 5) is 34.2. The van der Waals surface area contributed by atoms with Crippen LogP contribution in [0.2, 0.25) is 0 Å². The van der Waals surface area contributed by atoms with E-state index in [1.807, 2.05) is 54.6 Å². The van der Waals surface area contributed by atoms with Gasteiger partial charge < -0.3 is 24.4 Å². The Balaban J connectivity index is 1.19. The molecule has 1 unspecified atom stereocenters. The van der Waals surface area contributed by atoms with E-state index in [9.17, 15) is 9.59 Å². The number of methoxy groups -OCH3 is 1. The lowest BCUT2D eigenvalue weighted by molar-refractivity contribution is -0.141. The van der Waals surface area contributed by atoms with Gasteiger partial charge in [0.15, 0.2) is 10.9 Å². The van der Waals surface area contributed by atoms with Gasteiger partial charge in [0.25, 0.3) is 0 Å². The van der Waals surface area contributed by atoms with Crippen molar-refractivity contribution >= 4 is 33.9 Å². The minimum absolute atomic E-state index is 0.117. The van der Waals surface area contributed by atoms with Gasteiger partial charge in [0.05, 0.1) is 32.6 Å². The number of ketones is 1. The third-order valence-corrected chi connectivity index (χ3v) is 8.23. The topological polar surface area (TPSA) is 90.0 Å². The van der Waals surface area contributed by atoms with Crippen LogP contribution in [0.1, 0.15) is 32.1 Å². The number of rotatable bonds is 12. The Morgan fingerprint density at radius 3 is 2.45 bits per heavy atom. The average molecular weight is 586 g/mol. The van der Waals surface area contributed by atoms with Crippen LogP contribution < -0.4 is 15.0 Å². The van der Waals surface area contributed by atoms with Crippen LogP contribution in [0.4, 0.5) is 10.8 Å². The first-order valence-electron chi connectivity index (χ1n) is 14.1. The van der Waals surface area contributed by atoms with Crippen LogP contribution in [0.5, 0.6) is 5.75 Å². The van der Waals surface area contributed by atoms with E-state index in [4.69, 9.17) is 19.2 Å². The summed E-state index contributed by atoms with van der Waals surface area (Å²) in [6, 6.07) is 23.3. The number of nitrogens with one attached hydrogen (secondary N) is 1. The van der Waals surface area contributed by atoms with Crippen molar-refractivity contribution in [2.24, 2.45) is 0 Å². The van der Waals surface area contributed by atoms with Crippen molar-refractivity contribution in [3.63, 3.8) is 0 Å². The third-order valence-electron chi connectivity index (χ3n) is 7.16. The number of aryl methyl sites for hydroxylation is 1. The Bertz CT molecular complexity index is 1480. The summed E-state index contributed by atoms with van der Waals surface area (Å²) in [5, 5.41) is 4.30. The first kappa shape index (κ1) is 29.3. The molecule has 42 heavy (non-hydrogen) atoms. The zero-order valence-electron chi connectivity index (χ0n) is 23.9. The normalized spacial score (nSPS) is 13.8. The minimum atomic E-state index is -0.681. The lowest BCUT2D eigenvalue weighted by atomic mass is 10.00. The number of hydrogen-bond acceptors (Lipinski definition) is 9. The molecule has 0 spiro atoms. The van der Waals surface area contributed by atoms with Gasteiger partial charge in [-0.05, 0) is 36.8 Å². The molecule has 4 aromatic rings. The minimum Gasteiger partial charge on any atom is -0.493 e. The van der Waals surface area contributed by atoms with Crippen molar-refractivity contribution in [1.29, 1.82) is 0 Å². The Labute approximate surface area is 250 Å². The Kier molecular flexibility index (Phi) is 9.84. The zero-order valence-corrected chi connectivity index (χ0v) is 24.7. The molecule has 5 rings (SSSR count). The summed E-state index contributed by atoms with van der Waals surface area (Å²) in [5.74, 6) is 0.225. The molecule has 0 aliphatic carbocycles. The Morgan fingerprint density at radius 2 is 1.71 bits per heavy atom. The number of nitrogens with zero attached hydrogens (tertiary/aromatic N) is 2. The molecule has 0 radical (unpaired) electrons. The van der Waals surface area contributed by atoms with Crippen molar-refractivity contribution in [2.45, 2.75) is 25.8 Å². The van der Waals surface area contributed by atoms with Crippen LogP contribution in [0.25, 0.3) is 0 Å². The summed E-state index contributed by atoms with van der Waals surface area (Å²) < 4.78 is 16.6. The summed E-state index contributed by atoms with van der Waals surface area (Å²) >= 11 is 1.72. The van der Waals surface area contributed by atoms with Crippen molar-refractivity contribution in [1.82, 2.24) is 4.98 Å². The molecule has 1 saturated heterocycles.